The minimum absolute atomic E-state index is 0.00862. The van der Waals surface area contributed by atoms with E-state index in [1.54, 1.807) is 12.1 Å². The smallest absolute Gasteiger partial charge is 0.243 e. The summed E-state index contributed by atoms with van der Waals surface area (Å²) in [5.74, 6) is -0.186. The number of sulfonamides is 1. The summed E-state index contributed by atoms with van der Waals surface area (Å²) in [6, 6.07) is 27.2. The Kier molecular flexibility index (Phi) is 5.87. The number of rotatable bonds is 5. The first kappa shape index (κ1) is 21.6. The lowest BCUT2D eigenvalue weighted by Crippen LogP contribution is -2.42. The molecule has 5 rings (SSSR count). The molecule has 4 aromatic rings. The van der Waals surface area contributed by atoms with Crippen LogP contribution >= 0.6 is 0 Å². The minimum Gasteiger partial charge on any atom is -0.352 e. The number of carbonyl (C=O) groups is 1. The van der Waals surface area contributed by atoms with Gasteiger partial charge >= 0.3 is 0 Å². The summed E-state index contributed by atoms with van der Waals surface area (Å²) in [4.78, 5) is 13.1. The molecule has 0 radical (unpaired) electrons. The Balaban J connectivity index is 1.22. The number of benzene rings is 4. The monoisotopic (exact) mass is 458 g/mol. The molecule has 0 unspecified atom stereocenters. The van der Waals surface area contributed by atoms with Gasteiger partial charge in [0.1, 0.15) is 0 Å². The van der Waals surface area contributed by atoms with Crippen molar-refractivity contribution in [2.75, 3.05) is 13.1 Å². The second-order valence-corrected chi connectivity index (χ2v) is 10.5. The summed E-state index contributed by atoms with van der Waals surface area (Å²) in [6.07, 6.45) is 1.04. The van der Waals surface area contributed by atoms with Crippen molar-refractivity contribution in [3.8, 4) is 0 Å². The number of hydrogen-bond donors (Lipinski definition) is 1. The van der Waals surface area contributed by atoms with Crippen LogP contribution in [0.2, 0.25) is 0 Å². The van der Waals surface area contributed by atoms with E-state index in [1.807, 2.05) is 54.6 Å². The number of piperidine rings is 1. The van der Waals surface area contributed by atoms with Gasteiger partial charge in [0.2, 0.25) is 15.9 Å². The van der Waals surface area contributed by atoms with E-state index < -0.39 is 10.0 Å². The van der Waals surface area contributed by atoms with E-state index in [0.717, 1.165) is 27.1 Å². The molecule has 1 amide bonds. The Morgan fingerprint density at radius 1 is 0.818 bits per heavy atom. The highest BCUT2D eigenvalue weighted by molar-refractivity contribution is 7.89. The average Bonchev–Trinajstić information content (AvgIpc) is 2.87. The van der Waals surface area contributed by atoms with Crippen LogP contribution in [0.25, 0.3) is 21.5 Å². The largest absolute Gasteiger partial charge is 0.352 e. The highest BCUT2D eigenvalue weighted by Gasteiger charge is 2.32. The van der Waals surface area contributed by atoms with Crippen LogP contribution in [0.1, 0.15) is 18.4 Å². The van der Waals surface area contributed by atoms with Gasteiger partial charge in [0.15, 0.2) is 0 Å². The fraction of sp³-hybridized carbons (Fsp3) is 0.222. The molecule has 5 nitrogen and oxygen atoms in total. The lowest BCUT2D eigenvalue weighted by Gasteiger charge is -2.30. The van der Waals surface area contributed by atoms with Crippen LogP contribution in [0.5, 0.6) is 0 Å². The fourth-order valence-corrected chi connectivity index (χ4v) is 6.11. The fourth-order valence-electron chi connectivity index (χ4n) is 4.61. The highest BCUT2D eigenvalue weighted by atomic mass is 32.2. The maximum absolute atomic E-state index is 13.2. The number of nitrogens with one attached hydrogen (secondary N) is 1. The summed E-state index contributed by atoms with van der Waals surface area (Å²) in [5.41, 5.74) is 1.08. The van der Waals surface area contributed by atoms with Gasteiger partial charge in [-0.1, -0.05) is 72.8 Å². The third-order valence-electron chi connectivity index (χ3n) is 6.52. The van der Waals surface area contributed by atoms with Crippen LogP contribution in [0.3, 0.4) is 0 Å². The molecule has 0 saturated carbocycles. The van der Waals surface area contributed by atoms with E-state index in [2.05, 4.69) is 23.5 Å². The van der Waals surface area contributed by atoms with Gasteiger partial charge < -0.3 is 5.32 Å². The molecule has 1 aliphatic rings. The average molecular weight is 459 g/mol. The highest BCUT2D eigenvalue weighted by Crippen LogP contribution is 2.26. The molecule has 6 heteroatoms. The second-order valence-electron chi connectivity index (χ2n) is 8.54. The van der Waals surface area contributed by atoms with E-state index >= 15 is 0 Å². The van der Waals surface area contributed by atoms with Crippen molar-refractivity contribution in [2.24, 2.45) is 5.92 Å². The van der Waals surface area contributed by atoms with Crippen LogP contribution in [0.15, 0.2) is 89.8 Å². The quantitative estimate of drug-likeness (QED) is 0.471. The van der Waals surface area contributed by atoms with Crippen molar-refractivity contribution in [3.05, 3.63) is 90.5 Å². The van der Waals surface area contributed by atoms with Crippen molar-refractivity contribution in [1.29, 1.82) is 0 Å². The molecule has 0 spiro atoms. The predicted molar refractivity (Wildman–Crippen MR) is 131 cm³/mol. The van der Waals surface area contributed by atoms with Gasteiger partial charge in [-0.3, -0.25) is 4.79 Å². The third kappa shape index (κ3) is 4.36. The van der Waals surface area contributed by atoms with Crippen molar-refractivity contribution in [1.82, 2.24) is 9.62 Å². The van der Waals surface area contributed by atoms with Crippen molar-refractivity contribution in [3.63, 3.8) is 0 Å². The molecule has 1 fully saturated rings. The molecule has 1 N–H and O–H groups in total. The molecule has 0 bridgehead atoms. The molecule has 1 aliphatic heterocycles. The van der Waals surface area contributed by atoms with Crippen LogP contribution in [-0.4, -0.2) is 31.7 Å². The third-order valence-corrected chi connectivity index (χ3v) is 8.41. The first-order valence-electron chi connectivity index (χ1n) is 11.3. The number of fused-ring (bicyclic) bond motifs is 2. The first-order valence-corrected chi connectivity index (χ1v) is 12.7. The number of hydrogen-bond acceptors (Lipinski definition) is 3. The zero-order valence-corrected chi connectivity index (χ0v) is 19.1. The molecule has 4 aromatic carbocycles. The Bertz CT molecular complexity index is 1420. The number of amides is 1. The van der Waals surface area contributed by atoms with Crippen molar-refractivity contribution < 1.29 is 13.2 Å². The molecule has 0 aromatic heterocycles. The maximum atomic E-state index is 13.2. The zero-order valence-electron chi connectivity index (χ0n) is 18.3. The summed E-state index contributed by atoms with van der Waals surface area (Å²) in [5, 5.41) is 7.26. The standard InChI is InChI=1S/C27H26N2O3S/c30-27(28-19-24-10-5-9-21-7-3-4-11-26(21)24)22-14-16-29(17-15-22)33(31,32)25-13-12-20-6-1-2-8-23(20)18-25/h1-13,18,22H,14-17,19H2,(H,28,30). The Hall–Kier alpha value is -3.22. The SMILES string of the molecule is O=C(NCc1cccc2ccccc12)C1CCN(S(=O)(=O)c2ccc3ccccc3c2)CC1. The van der Waals surface area contributed by atoms with E-state index in [0.29, 0.717) is 37.4 Å². The van der Waals surface area contributed by atoms with Gasteiger partial charge in [0, 0.05) is 25.6 Å². The zero-order chi connectivity index (χ0) is 22.8. The summed E-state index contributed by atoms with van der Waals surface area (Å²) in [6.45, 7) is 1.17. The van der Waals surface area contributed by atoms with Gasteiger partial charge in [-0.05, 0) is 52.1 Å². The van der Waals surface area contributed by atoms with Gasteiger partial charge in [-0.25, -0.2) is 8.42 Å². The van der Waals surface area contributed by atoms with Gasteiger partial charge in [0.25, 0.3) is 0 Å². The normalized spacial score (nSPS) is 15.6. The van der Waals surface area contributed by atoms with Crippen molar-refractivity contribution in [2.45, 2.75) is 24.3 Å². The summed E-state index contributed by atoms with van der Waals surface area (Å²) in [7, 11) is -3.58. The Morgan fingerprint density at radius 3 is 2.27 bits per heavy atom. The Labute approximate surface area is 194 Å². The molecule has 1 saturated heterocycles. The van der Waals surface area contributed by atoms with E-state index in [9.17, 15) is 13.2 Å². The minimum atomic E-state index is -3.58. The molecule has 1 heterocycles. The maximum Gasteiger partial charge on any atom is 0.243 e. The molecule has 168 valence electrons. The molecule has 0 aliphatic carbocycles. The molecule has 33 heavy (non-hydrogen) atoms. The summed E-state index contributed by atoms with van der Waals surface area (Å²) < 4.78 is 27.8. The molecular formula is C27H26N2O3S. The lowest BCUT2D eigenvalue weighted by molar-refractivity contribution is -0.126. The van der Waals surface area contributed by atoms with E-state index in [4.69, 9.17) is 0 Å². The lowest BCUT2D eigenvalue weighted by atomic mass is 9.97. The van der Waals surface area contributed by atoms with Crippen LogP contribution in [0.4, 0.5) is 0 Å². The van der Waals surface area contributed by atoms with Crippen LogP contribution < -0.4 is 5.32 Å². The van der Waals surface area contributed by atoms with Crippen LogP contribution in [-0.2, 0) is 21.4 Å². The predicted octanol–water partition coefficient (Wildman–Crippen LogP) is 4.71. The van der Waals surface area contributed by atoms with E-state index in [1.165, 1.54) is 4.31 Å². The first-order chi connectivity index (χ1) is 16.0. The number of nitrogens with zero attached hydrogens (tertiary/aromatic N) is 1. The summed E-state index contributed by atoms with van der Waals surface area (Å²) >= 11 is 0. The van der Waals surface area contributed by atoms with Crippen LogP contribution in [0, 0.1) is 5.92 Å². The van der Waals surface area contributed by atoms with Gasteiger partial charge in [-0.15, -0.1) is 0 Å². The number of carbonyl (C=O) groups excluding carboxylic acids is 1. The Morgan fingerprint density at radius 2 is 1.48 bits per heavy atom. The molecule has 0 atom stereocenters. The van der Waals surface area contributed by atoms with E-state index in [-0.39, 0.29) is 11.8 Å². The van der Waals surface area contributed by atoms with Gasteiger partial charge in [-0.2, -0.15) is 4.31 Å². The topological polar surface area (TPSA) is 66.5 Å². The second kappa shape index (κ2) is 8.96. The van der Waals surface area contributed by atoms with Crippen molar-refractivity contribution >= 4 is 37.5 Å². The molecular weight excluding hydrogens is 432 g/mol. The van der Waals surface area contributed by atoms with Gasteiger partial charge in [0.05, 0.1) is 4.90 Å².